The van der Waals surface area contributed by atoms with Crippen LogP contribution in [-0.2, 0) is 9.59 Å². The maximum Gasteiger partial charge on any atom is 0.240 e. The summed E-state index contributed by atoms with van der Waals surface area (Å²) >= 11 is 0. The highest BCUT2D eigenvalue weighted by atomic mass is 19.1. The van der Waals surface area contributed by atoms with E-state index in [2.05, 4.69) is 0 Å². The molecule has 0 radical (unpaired) electrons. The van der Waals surface area contributed by atoms with E-state index >= 15 is 0 Å². The van der Waals surface area contributed by atoms with E-state index in [1.165, 1.54) is 23.1 Å². The Morgan fingerprint density at radius 1 is 1.36 bits per heavy atom. The molecular formula is C16H19FN2O3. The number of nitrogens with zero attached hydrogens (tertiary/aromatic N) is 1. The van der Waals surface area contributed by atoms with Crippen molar-refractivity contribution in [3.05, 3.63) is 30.1 Å². The second-order valence-corrected chi connectivity index (χ2v) is 6.29. The van der Waals surface area contributed by atoms with Gasteiger partial charge in [0.1, 0.15) is 11.9 Å². The van der Waals surface area contributed by atoms with Crippen LogP contribution >= 0.6 is 0 Å². The van der Waals surface area contributed by atoms with Crippen LogP contribution in [-0.4, -0.2) is 29.1 Å². The second kappa shape index (κ2) is 5.35. The highest BCUT2D eigenvalue weighted by molar-refractivity contribution is 6.06. The average Bonchev–Trinajstić information content (AvgIpc) is 2.76. The molecule has 1 aromatic carbocycles. The lowest BCUT2D eigenvalue weighted by molar-refractivity contribution is -0.128. The molecule has 1 unspecified atom stereocenters. The number of carbonyl (C=O) groups is 2. The Labute approximate surface area is 127 Å². The van der Waals surface area contributed by atoms with Crippen LogP contribution in [0, 0.1) is 11.2 Å². The van der Waals surface area contributed by atoms with Gasteiger partial charge in [0.15, 0.2) is 0 Å². The monoisotopic (exact) mass is 306 g/mol. The van der Waals surface area contributed by atoms with Gasteiger partial charge in [-0.1, -0.05) is 6.07 Å². The zero-order valence-corrected chi connectivity index (χ0v) is 12.2. The SMILES string of the molecule is NC(=O)C1CC2(CCC(O)CC2)C(=O)N1c1cccc(F)c1. The van der Waals surface area contributed by atoms with Crippen LogP contribution < -0.4 is 10.6 Å². The predicted octanol–water partition coefficient (Wildman–Crippen LogP) is 1.34. The molecule has 2 fully saturated rings. The molecule has 1 saturated heterocycles. The summed E-state index contributed by atoms with van der Waals surface area (Å²) in [5.74, 6) is -1.23. The lowest BCUT2D eigenvalue weighted by Gasteiger charge is -2.33. The summed E-state index contributed by atoms with van der Waals surface area (Å²) in [6.07, 6.45) is 2.08. The van der Waals surface area contributed by atoms with Gasteiger partial charge < -0.3 is 10.8 Å². The summed E-state index contributed by atoms with van der Waals surface area (Å²) < 4.78 is 13.5. The molecule has 1 aromatic rings. The number of amides is 2. The van der Waals surface area contributed by atoms with E-state index in [9.17, 15) is 19.1 Å². The number of benzene rings is 1. The fraction of sp³-hybridized carbons (Fsp3) is 0.500. The Morgan fingerprint density at radius 2 is 2.05 bits per heavy atom. The topological polar surface area (TPSA) is 83.6 Å². The summed E-state index contributed by atoms with van der Waals surface area (Å²) in [7, 11) is 0. The molecule has 3 N–H and O–H groups in total. The summed E-state index contributed by atoms with van der Waals surface area (Å²) in [5.41, 5.74) is 5.16. The third-order valence-electron chi connectivity index (χ3n) is 4.90. The van der Waals surface area contributed by atoms with Gasteiger partial charge in [0.2, 0.25) is 11.8 Å². The molecule has 3 rings (SSSR count). The molecule has 1 atom stereocenters. The minimum atomic E-state index is -0.760. The first kappa shape index (κ1) is 15.0. The molecule has 2 amide bonds. The number of halogens is 1. The van der Waals surface area contributed by atoms with E-state index in [-0.39, 0.29) is 5.91 Å². The van der Waals surface area contributed by atoms with Crippen LogP contribution in [0.5, 0.6) is 0 Å². The van der Waals surface area contributed by atoms with Crippen molar-refractivity contribution in [1.82, 2.24) is 0 Å². The van der Waals surface area contributed by atoms with Crippen molar-refractivity contribution in [3.63, 3.8) is 0 Å². The Hall–Kier alpha value is -1.95. The maximum absolute atomic E-state index is 13.5. The zero-order valence-electron chi connectivity index (χ0n) is 12.2. The molecule has 118 valence electrons. The number of hydrogen-bond donors (Lipinski definition) is 2. The van der Waals surface area contributed by atoms with Gasteiger partial charge in [-0.05, 0) is 50.3 Å². The molecular weight excluding hydrogens is 287 g/mol. The number of aliphatic hydroxyl groups excluding tert-OH is 1. The van der Waals surface area contributed by atoms with Gasteiger partial charge >= 0.3 is 0 Å². The van der Waals surface area contributed by atoms with Gasteiger partial charge in [-0.2, -0.15) is 0 Å². The van der Waals surface area contributed by atoms with Crippen molar-refractivity contribution in [2.75, 3.05) is 4.90 Å². The number of rotatable bonds is 2. The van der Waals surface area contributed by atoms with E-state index in [1.54, 1.807) is 6.07 Å². The lowest BCUT2D eigenvalue weighted by atomic mass is 9.71. The van der Waals surface area contributed by atoms with E-state index in [0.717, 1.165) is 0 Å². The summed E-state index contributed by atoms with van der Waals surface area (Å²) in [6, 6.07) is 4.88. The third-order valence-corrected chi connectivity index (χ3v) is 4.90. The minimum Gasteiger partial charge on any atom is -0.393 e. The van der Waals surface area contributed by atoms with Crippen molar-refractivity contribution in [3.8, 4) is 0 Å². The first-order chi connectivity index (χ1) is 10.4. The number of carbonyl (C=O) groups excluding carboxylic acids is 2. The van der Waals surface area contributed by atoms with Crippen molar-refractivity contribution in [2.45, 2.75) is 44.2 Å². The molecule has 5 nitrogen and oxygen atoms in total. The standard InChI is InChI=1S/C16H19FN2O3/c17-10-2-1-3-11(8-10)19-13(14(18)21)9-16(15(19)22)6-4-12(20)5-7-16/h1-3,8,12-13,20H,4-7,9H2,(H2,18,21). The van der Waals surface area contributed by atoms with Crippen molar-refractivity contribution in [1.29, 1.82) is 0 Å². The van der Waals surface area contributed by atoms with E-state index < -0.39 is 29.3 Å². The third kappa shape index (κ3) is 2.37. The molecule has 1 heterocycles. The fourth-order valence-electron chi connectivity index (χ4n) is 3.67. The number of hydrogen-bond acceptors (Lipinski definition) is 3. The summed E-state index contributed by atoms with van der Waals surface area (Å²) in [5, 5.41) is 9.67. The van der Waals surface area contributed by atoms with Crippen molar-refractivity contribution >= 4 is 17.5 Å². The highest BCUT2D eigenvalue weighted by Gasteiger charge is 2.54. The Bertz CT molecular complexity index is 611. The van der Waals surface area contributed by atoms with Crippen LogP contribution in [0.15, 0.2) is 24.3 Å². The zero-order chi connectivity index (χ0) is 15.9. The number of aliphatic hydroxyl groups is 1. The molecule has 1 spiro atoms. The van der Waals surface area contributed by atoms with Crippen LogP contribution in [0.3, 0.4) is 0 Å². The van der Waals surface area contributed by atoms with E-state index in [0.29, 0.717) is 37.8 Å². The smallest absolute Gasteiger partial charge is 0.240 e. The van der Waals surface area contributed by atoms with Crippen LogP contribution in [0.25, 0.3) is 0 Å². The molecule has 1 aliphatic carbocycles. The molecule has 22 heavy (non-hydrogen) atoms. The number of primary amides is 1. The molecule has 0 bridgehead atoms. The average molecular weight is 306 g/mol. The van der Waals surface area contributed by atoms with Crippen molar-refractivity contribution < 1.29 is 19.1 Å². The van der Waals surface area contributed by atoms with Gasteiger partial charge in [0.25, 0.3) is 0 Å². The highest BCUT2D eigenvalue weighted by Crippen LogP contribution is 2.48. The van der Waals surface area contributed by atoms with Crippen molar-refractivity contribution in [2.24, 2.45) is 11.1 Å². The molecule has 0 aromatic heterocycles. The first-order valence-electron chi connectivity index (χ1n) is 7.49. The summed E-state index contributed by atoms with van der Waals surface area (Å²) in [6.45, 7) is 0. The number of anilines is 1. The number of nitrogens with two attached hydrogens (primary N) is 1. The van der Waals surface area contributed by atoms with Gasteiger partial charge in [-0.3, -0.25) is 14.5 Å². The fourth-order valence-corrected chi connectivity index (χ4v) is 3.67. The van der Waals surface area contributed by atoms with Crippen LogP contribution in [0.1, 0.15) is 32.1 Å². The molecule has 6 heteroatoms. The first-order valence-corrected chi connectivity index (χ1v) is 7.49. The van der Waals surface area contributed by atoms with E-state index in [4.69, 9.17) is 5.73 Å². The lowest BCUT2D eigenvalue weighted by Crippen LogP contribution is -2.43. The van der Waals surface area contributed by atoms with Crippen LogP contribution in [0.2, 0.25) is 0 Å². The minimum absolute atomic E-state index is 0.186. The van der Waals surface area contributed by atoms with Gasteiger partial charge in [0, 0.05) is 5.69 Å². The van der Waals surface area contributed by atoms with Crippen LogP contribution in [0.4, 0.5) is 10.1 Å². The maximum atomic E-state index is 13.5. The molecule has 1 saturated carbocycles. The van der Waals surface area contributed by atoms with Gasteiger partial charge in [0.05, 0.1) is 11.5 Å². The largest absolute Gasteiger partial charge is 0.393 e. The normalized spacial score (nSPS) is 31.7. The summed E-state index contributed by atoms with van der Waals surface area (Å²) in [4.78, 5) is 26.1. The Balaban J connectivity index is 1.97. The van der Waals surface area contributed by atoms with Gasteiger partial charge in [-0.15, -0.1) is 0 Å². The van der Waals surface area contributed by atoms with Gasteiger partial charge in [-0.25, -0.2) is 4.39 Å². The Morgan fingerprint density at radius 3 is 2.64 bits per heavy atom. The quantitative estimate of drug-likeness (QED) is 0.865. The predicted molar refractivity (Wildman–Crippen MR) is 78.4 cm³/mol. The second-order valence-electron chi connectivity index (χ2n) is 6.29. The molecule has 2 aliphatic rings. The molecule has 1 aliphatic heterocycles. The Kier molecular flexibility index (Phi) is 3.64. The van der Waals surface area contributed by atoms with E-state index in [1.807, 2.05) is 0 Å².